The monoisotopic (exact) mass is 258 g/mol. The Balaban J connectivity index is 2.58. The molecular weight excluding hydrogens is 251 g/mol. The van der Waals surface area contributed by atoms with Crippen molar-refractivity contribution >= 4 is 27.0 Å². The number of nitrogens with two attached hydrogens (primary N) is 1. The summed E-state index contributed by atoms with van der Waals surface area (Å²) in [4.78, 5) is 4.11. The van der Waals surface area contributed by atoms with Crippen molar-refractivity contribution in [2.75, 3.05) is 6.54 Å². The van der Waals surface area contributed by atoms with Gasteiger partial charge in [0.15, 0.2) is 17.3 Å². The van der Waals surface area contributed by atoms with E-state index < -0.39 is 5.82 Å². The summed E-state index contributed by atoms with van der Waals surface area (Å²) in [5.41, 5.74) is 6.05. The van der Waals surface area contributed by atoms with Crippen molar-refractivity contribution in [2.45, 2.75) is 6.42 Å². The molecule has 14 heavy (non-hydrogen) atoms. The molecule has 5 heteroatoms. The first-order chi connectivity index (χ1) is 6.70. The van der Waals surface area contributed by atoms with Crippen molar-refractivity contribution in [1.82, 2.24) is 4.98 Å². The molecule has 0 unspecified atom stereocenters. The first-order valence-corrected chi connectivity index (χ1v) is 4.94. The van der Waals surface area contributed by atoms with E-state index >= 15 is 0 Å². The van der Waals surface area contributed by atoms with Crippen LogP contribution in [-0.4, -0.2) is 11.5 Å². The minimum Gasteiger partial charge on any atom is -0.438 e. The molecule has 0 amide bonds. The fraction of sp³-hybridized carbons (Fsp3) is 0.222. The number of oxazole rings is 1. The lowest BCUT2D eigenvalue weighted by molar-refractivity contribution is 0.507. The summed E-state index contributed by atoms with van der Waals surface area (Å²) in [6, 6.07) is 3.06. The Morgan fingerprint density at radius 1 is 1.50 bits per heavy atom. The highest BCUT2D eigenvalue weighted by molar-refractivity contribution is 9.10. The topological polar surface area (TPSA) is 52.0 Å². The molecule has 2 rings (SSSR count). The summed E-state index contributed by atoms with van der Waals surface area (Å²) >= 11 is 3.19. The van der Waals surface area contributed by atoms with Crippen LogP contribution in [-0.2, 0) is 6.42 Å². The fourth-order valence-corrected chi connectivity index (χ4v) is 1.65. The first-order valence-electron chi connectivity index (χ1n) is 4.15. The lowest BCUT2D eigenvalue weighted by Crippen LogP contribution is -2.02. The summed E-state index contributed by atoms with van der Waals surface area (Å²) in [6.45, 7) is 0.440. The molecule has 0 saturated heterocycles. The van der Waals surface area contributed by atoms with Gasteiger partial charge in [0.05, 0.1) is 0 Å². The van der Waals surface area contributed by atoms with Crippen LogP contribution >= 0.6 is 15.9 Å². The molecule has 2 aromatic rings. The third-order valence-electron chi connectivity index (χ3n) is 1.81. The highest BCUT2D eigenvalue weighted by Gasteiger charge is 2.10. The molecule has 0 saturated carbocycles. The number of rotatable bonds is 2. The largest absolute Gasteiger partial charge is 0.438 e. The van der Waals surface area contributed by atoms with E-state index in [-0.39, 0.29) is 5.58 Å². The SMILES string of the molecule is NCCc1nc2cc(Br)cc(F)c2o1. The molecule has 0 fully saturated rings. The van der Waals surface area contributed by atoms with E-state index in [0.717, 1.165) is 0 Å². The number of fused-ring (bicyclic) bond motifs is 1. The number of benzene rings is 1. The zero-order valence-corrected chi connectivity index (χ0v) is 8.84. The highest BCUT2D eigenvalue weighted by Crippen LogP contribution is 2.23. The smallest absolute Gasteiger partial charge is 0.196 e. The minimum atomic E-state index is -0.412. The molecule has 0 bridgehead atoms. The van der Waals surface area contributed by atoms with E-state index in [9.17, 15) is 4.39 Å². The van der Waals surface area contributed by atoms with Crippen molar-refractivity contribution in [3.8, 4) is 0 Å². The molecule has 0 atom stereocenters. The third-order valence-corrected chi connectivity index (χ3v) is 2.27. The van der Waals surface area contributed by atoms with Crippen LogP contribution in [0.1, 0.15) is 5.89 Å². The summed E-state index contributed by atoms with van der Waals surface area (Å²) in [5, 5.41) is 0. The van der Waals surface area contributed by atoms with Crippen molar-refractivity contribution in [2.24, 2.45) is 5.73 Å². The second-order valence-corrected chi connectivity index (χ2v) is 3.80. The molecule has 0 spiro atoms. The molecule has 0 radical (unpaired) electrons. The minimum absolute atomic E-state index is 0.191. The summed E-state index contributed by atoms with van der Waals surface area (Å²) in [7, 11) is 0. The van der Waals surface area contributed by atoms with Gasteiger partial charge in [-0.15, -0.1) is 0 Å². The van der Waals surface area contributed by atoms with Crippen LogP contribution in [0.4, 0.5) is 4.39 Å². The lowest BCUT2D eigenvalue weighted by Gasteiger charge is -1.90. The number of nitrogens with zero attached hydrogens (tertiary/aromatic N) is 1. The van der Waals surface area contributed by atoms with Gasteiger partial charge in [-0.25, -0.2) is 9.37 Å². The Hall–Kier alpha value is -0.940. The lowest BCUT2D eigenvalue weighted by atomic mass is 10.3. The second kappa shape index (κ2) is 3.67. The van der Waals surface area contributed by atoms with Crippen molar-refractivity contribution < 1.29 is 8.81 Å². The number of hydrogen-bond donors (Lipinski definition) is 1. The van der Waals surface area contributed by atoms with Crippen LogP contribution in [0.15, 0.2) is 21.0 Å². The van der Waals surface area contributed by atoms with Crippen LogP contribution in [0, 0.1) is 5.82 Å². The molecule has 0 aliphatic heterocycles. The number of halogens is 2. The van der Waals surface area contributed by atoms with Gasteiger partial charge in [0, 0.05) is 17.4 Å². The van der Waals surface area contributed by atoms with Gasteiger partial charge < -0.3 is 10.2 Å². The van der Waals surface area contributed by atoms with Crippen LogP contribution in [0.5, 0.6) is 0 Å². The normalized spacial score (nSPS) is 11.1. The Labute approximate surface area is 88.2 Å². The van der Waals surface area contributed by atoms with Gasteiger partial charge in [-0.3, -0.25) is 0 Å². The maximum atomic E-state index is 13.3. The van der Waals surface area contributed by atoms with Gasteiger partial charge in [-0.2, -0.15) is 0 Å². The Bertz CT molecular complexity index is 469. The van der Waals surface area contributed by atoms with Gasteiger partial charge in [0.25, 0.3) is 0 Å². The maximum absolute atomic E-state index is 13.3. The summed E-state index contributed by atoms with van der Waals surface area (Å²) in [5.74, 6) is 0.0599. The van der Waals surface area contributed by atoms with E-state index in [2.05, 4.69) is 20.9 Å². The average molecular weight is 259 g/mol. The Kier molecular flexibility index (Phi) is 2.52. The predicted octanol–water partition coefficient (Wildman–Crippen LogP) is 2.23. The Morgan fingerprint density at radius 3 is 3.00 bits per heavy atom. The third kappa shape index (κ3) is 1.65. The van der Waals surface area contributed by atoms with Crippen molar-refractivity contribution in [3.63, 3.8) is 0 Å². The molecule has 2 N–H and O–H groups in total. The van der Waals surface area contributed by atoms with Crippen LogP contribution < -0.4 is 5.73 Å². The molecular formula is C9H8BrFN2O. The molecule has 1 aromatic carbocycles. The van der Waals surface area contributed by atoms with Crippen LogP contribution in [0.3, 0.4) is 0 Å². The molecule has 0 aliphatic carbocycles. The zero-order valence-electron chi connectivity index (χ0n) is 7.26. The number of hydrogen-bond acceptors (Lipinski definition) is 3. The van der Waals surface area contributed by atoms with Gasteiger partial charge in [0.2, 0.25) is 0 Å². The average Bonchev–Trinajstić information content (AvgIpc) is 2.48. The van der Waals surface area contributed by atoms with Gasteiger partial charge >= 0.3 is 0 Å². The van der Waals surface area contributed by atoms with E-state index in [1.165, 1.54) is 6.07 Å². The summed E-state index contributed by atoms with van der Waals surface area (Å²) in [6.07, 6.45) is 0.520. The molecule has 3 nitrogen and oxygen atoms in total. The molecule has 74 valence electrons. The summed E-state index contributed by atoms with van der Waals surface area (Å²) < 4.78 is 19.2. The van der Waals surface area contributed by atoms with Crippen LogP contribution in [0.25, 0.3) is 11.1 Å². The van der Waals surface area contributed by atoms with Gasteiger partial charge in [0.1, 0.15) is 5.52 Å². The van der Waals surface area contributed by atoms with E-state index in [4.69, 9.17) is 10.2 Å². The van der Waals surface area contributed by atoms with E-state index in [0.29, 0.717) is 28.8 Å². The molecule has 1 heterocycles. The molecule has 1 aromatic heterocycles. The standard InChI is InChI=1S/C9H8BrFN2O/c10-5-3-6(11)9-7(4-5)13-8(14-9)1-2-12/h3-4H,1-2,12H2. The first kappa shape index (κ1) is 9.61. The Morgan fingerprint density at radius 2 is 2.29 bits per heavy atom. The second-order valence-electron chi connectivity index (χ2n) is 2.88. The van der Waals surface area contributed by atoms with Crippen molar-refractivity contribution in [1.29, 1.82) is 0 Å². The number of aromatic nitrogens is 1. The quantitative estimate of drug-likeness (QED) is 0.899. The zero-order chi connectivity index (χ0) is 10.1. The van der Waals surface area contributed by atoms with Crippen molar-refractivity contribution in [3.05, 3.63) is 28.3 Å². The highest BCUT2D eigenvalue weighted by atomic mass is 79.9. The van der Waals surface area contributed by atoms with Crippen LogP contribution in [0.2, 0.25) is 0 Å². The van der Waals surface area contributed by atoms with Gasteiger partial charge in [-0.1, -0.05) is 15.9 Å². The molecule has 0 aliphatic rings. The maximum Gasteiger partial charge on any atom is 0.196 e. The van der Waals surface area contributed by atoms with E-state index in [1.807, 2.05) is 0 Å². The predicted molar refractivity (Wildman–Crippen MR) is 54.4 cm³/mol. The van der Waals surface area contributed by atoms with E-state index in [1.54, 1.807) is 6.07 Å². The van der Waals surface area contributed by atoms with Gasteiger partial charge in [-0.05, 0) is 12.1 Å². The fourth-order valence-electron chi connectivity index (χ4n) is 1.24.